The van der Waals surface area contributed by atoms with Crippen LogP contribution in [-0.2, 0) is 0 Å². The summed E-state index contributed by atoms with van der Waals surface area (Å²) in [6, 6.07) is 13.5. The first-order valence-corrected chi connectivity index (χ1v) is 5.46. The molecule has 0 spiro atoms. The smallest absolute Gasteiger partial charge is 0.227 e. The number of para-hydroxylation sites is 2. The number of aromatic nitrogens is 1. The predicted molar refractivity (Wildman–Crippen MR) is 68.6 cm³/mol. The van der Waals surface area contributed by atoms with Crippen LogP contribution in [0.15, 0.2) is 46.9 Å². The van der Waals surface area contributed by atoms with E-state index in [9.17, 15) is 0 Å². The highest BCUT2D eigenvalue weighted by Gasteiger charge is 2.09. The molecule has 3 aromatic rings. The Labute approximate surface area is 98.9 Å². The normalized spacial score (nSPS) is 10.9. The molecule has 0 atom stereocenters. The fourth-order valence-corrected chi connectivity index (χ4v) is 1.91. The molecule has 3 heteroatoms. The molecule has 2 aromatic carbocycles. The second-order valence-corrected chi connectivity index (χ2v) is 4.06. The molecule has 2 N–H and O–H groups in total. The van der Waals surface area contributed by atoms with Gasteiger partial charge in [-0.05, 0) is 42.8 Å². The molecule has 0 unspecified atom stereocenters. The fourth-order valence-electron chi connectivity index (χ4n) is 1.91. The lowest BCUT2D eigenvalue weighted by molar-refractivity contribution is 0.619. The van der Waals surface area contributed by atoms with E-state index in [1.54, 1.807) is 0 Å². The van der Waals surface area contributed by atoms with Crippen molar-refractivity contribution in [1.29, 1.82) is 0 Å². The number of oxazole rings is 1. The number of hydrogen-bond donors (Lipinski definition) is 1. The van der Waals surface area contributed by atoms with Crippen molar-refractivity contribution >= 4 is 16.8 Å². The molecule has 0 aliphatic rings. The highest BCUT2D eigenvalue weighted by Crippen LogP contribution is 2.27. The Bertz CT molecular complexity index is 653. The Morgan fingerprint density at radius 3 is 2.71 bits per heavy atom. The lowest BCUT2D eigenvalue weighted by Crippen LogP contribution is -1.88. The maximum absolute atomic E-state index is 5.73. The molecule has 3 rings (SSSR count). The van der Waals surface area contributed by atoms with Crippen molar-refractivity contribution in [3.05, 3.63) is 48.0 Å². The Hall–Kier alpha value is -2.29. The molecule has 1 heterocycles. The van der Waals surface area contributed by atoms with E-state index in [0.717, 1.165) is 27.9 Å². The van der Waals surface area contributed by atoms with Crippen LogP contribution in [0.2, 0.25) is 0 Å². The third-order valence-corrected chi connectivity index (χ3v) is 2.77. The predicted octanol–water partition coefficient (Wildman–Crippen LogP) is 3.39. The average Bonchev–Trinajstić information content (AvgIpc) is 2.72. The van der Waals surface area contributed by atoms with Crippen molar-refractivity contribution in [1.82, 2.24) is 4.98 Å². The minimum absolute atomic E-state index is 0.642. The van der Waals surface area contributed by atoms with E-state index in [2.05, 4.69) is 4.98 Å². The number of aryl methyl sites for hydroxylation is 1. The molecule has 1 aromatic heterocycles. The van der Waals surface area contributed by atoms with Gasteiger partial charge in [0.1, 0.15) is 5.52 Å². The van der Waals surface area contributed by atoms with Crippen LogP contribution in [-0.4, -0.2) is 4.98 Å². The number of nitrogens with two attached hydrogens (primary N) is 1. The van der Waals surface area contributed by atoms with Crippen molar-refractivity contribution in [2.24, 2.45) is 0 Å². The Morgan fingerprint density at radius 1 is 1.12 bits per heavy atom. The van der Waals surface area contributed by atoms with Gasteiger partial charge in [-0.2, -0.15) is 0 Å². The van der Waals surface area contributed by atoms with E-state index < -0.39 is 0 Å². The average molecular weight is 224 g/mol. The van der Waals surface area contributed by atoms with Crippen LogP contribution in [0.3, 0.4) is 0 Å². The van der Waals surface area contributed by atoms with Gasteiger partial charge in [0.15, 0.2) is 5.58 Å². The number of benzene rings is 2. The second-order valence-electron chi connectivity index (χ2n) is 4.06. The second kappa shape index (κ2) is 3.63. The summed E-state index contributed by atoms with van der Waals surface area (Å²) >= 11 is 0. The number of fused-ring (bicyclic) bond motifs is 1. The van der Waals surface area contributed by atoms with Gasteiger partial charge in [-0.25, -0.2) is 4.98 Å². The summed E-state index contributed by atoms with van der Waals surface area (Å²) in [6.45, 7) is 2.00. The third-order valence-electron chi connectivity index (χ3n) is 2.77. The zero-order valence-corrected chi connectivity index (χ0v) is 9.47. The van der Waals surface area contributed by atoms with Crippen molar-refractivity contribution < 1.29 is 4.42 Å². The van der Waals surface area contributed by atoms with Gasteiger partial charge >= 0.3 is 0 Å². The summed E-state index contributed by atoms with van der Waals surface area (Å²) in [4.78, 5) is 4.47. The molecule has 17 heavy (non-hydrogen) atoms. The van der Waals surface area contributed by atoms with Crippen molar-refractivity contribution in [3.8, 4) is 11.5 Å². The van der Waals surface area contributed by atoms with Crippen LogP contribution < -0.4 is 5.73 Å². The molecule has 0 saturated heterocycles. The Kier molecular flexibility index (Phi) is 2.11. The van der Waals surface area contributed by atoms with Gasteiger partial charge in [-0.1, -0.05) is 12.1 Å². The lowest BCUT2D eigenvalue weighted by atomic mass is 10.1. The SMILES string of the molecule is Cc1cc(N)ccc1-c1nc2ccccc2o1. The van der Waals surface area contributed by atoms with E-state index in [1.165, 1.54) is 0 Å². The maximum atomic E-state index is 5.73. The van der Waals surface area contributed by atoms with E-state index in [-0.39, 0.29) is 0 Å². The Morgan fingerprint density at radius 2 is 1.94 bits per heavy atom. The van der Waals surface area contributed by atoms with Gasteiger partial charge in [-0.3, -0.25) is 0 Å². The zero-order valence-electron chi connectivity index (χ0n) is 9.47. The van der Waals surface area contributed by atoms with E-state index in [0.29, 0.717) is 5.89 Å². The summed E-state index contributed by atoms with van der Waals surface area (Å²) in [5.74, 6) is 0.642. The first-order valence-electron chi connectivity index (χ1n) is 5.46. The van der Waals surface area contributed by atoms with Crippen LogP contribution >= 0.6 is 0 Å². The van der Waals surface area contributed by atoms with Gasteiger partial charge in [0.2, 0.25) is 5.89 Å². The molecule has 84 valence electrons. The van der Waals surface area contributed by atoms with E-state index >= 15 is 0 Å². The van der Waals surface area contributed by atoms with Crippen LogP contribution in [0.25, 0.3) is 22.6 Å². The monoisotopic (exact) mass is 224 g/mol. The quantitative estimate of drug-likeness (QED) is 0.644. The number of nitrogens with zero attached hydrogens (tertiary/aromatic N) is 1. The molecule has 0 bridgehead atoms. The van der Waals surface area contributed by atoms with Gasteiger partial charge in [-0.15, -0.1) is 0 Å². The van der Waals surface area contributed by atoms with Crippen LogP contribution in [0.1, 0.15) is 5.56 Å². The number of rotatable bonds is 1. The van der Waals surface area contributed by atoms with Gasteiger partial charge < -0.3 is 10.2 Å². The summed E-state index contributed by atoms with van der Waals surface area (Å²) in [5, 5.41) is 0. The summed E-state index contributed by atoms with van der Waals surface area (Å²) in [5.41, 5.74) is 10.2. The largest absolute Gasteiger partial charge is 0.436 e. The summed E-state index contributed by atoms with van der Waals surface area (Å²) in [6.07, 6.45) is 0. The Balaban J connectivity index is 2.20. The third kappa shape index (κ3) is 1.65. The summed E-state index contributed by atoms with van der Waals surface area (Å²) < 4.78 is 5.72. The van der Waals surface area contributed by atoms with Gasteiger partial charge in [0.05, 0.1) is 0 Å². The molecule has 0 radical (unpaired) electrons. The fraction of sp³-hybridized carbons (Fsp3) is 0.0714. The minimum atomic E-state index is 0.642. The molecule has 0 fully saturated rings. The first-order chi connectivity index (χ1) is 8.24. The molecular weight excluding hydrogens is 212 g/mol. The highest BCUT2D eigenvalue weighted by molar-refractivity contribution is 5.77. The standard InChI is InChI=1S/C14H12N2O/c1-9-8-10(15)6-7-11(9)14-16-12-4-2-3-5-13(12)17-14/h2-8H,15H2,1H3. The molecule has 0 amide bonds. The number of nitrogen functional groups attached to an aromatic ring is 1. The highest BCUT2D eigenvalue weighted by atomic mass is 16.3. The first kappa shape index (κ1) is 9.90. The topological polar surface area (TPSA) is 52.0 Å². The lowest BCUT2D eigenvalue weighted by Gasteiger charge is -2.01. The van der Waals surface area contributed by atoms with Gasteiger partial charge in [0.25, 0.3) is 0 Å². The molecule has 0 aliphatic carbocycles. The van der Waals surface area contributed by atoms with Crippen molar-refractivity contribution in [3.63, 3.8) is 0 Å². The van der Waals surface area contributed by atoms with Crippen LogP contribution in [0.5, 0.6) is 0 Å². The maximum Gasteiger partial charge on any atom is 0.227 e. The molecular formula is C14H12N2O. The van der Waals surface area contributed by atoms with E-state index in [1.807, 2.05) is 49.4 Å². The molecule has 0 saturated carbocycles. The number of anilines is 1. The molecule has 3 nitrogen and oxygen atoms in total. The summed E-state index contributed by atoms with van der Waals surface area (Å²) in [7, 11) is 0. The molecule has 0 aliphatic heterocycles. The zero-order chi connectivity index (χ0) is 11.8. The minimum Gasteiger partial charge on any atom is -0.436 e. The van der Waals surface area contributed by atoms with Crippen molar-refractivity contribution in [2.45, 2.75) is 6.92 Å². The number of hydrogen-bond acceptors (Lipinski definition) is 3. The van der Waals surface area contributed by atoms with Crippen LogP contribution in [0, 0.1) is 6.92 Å². The van der Waals surface area contributed by atoms with Crippen LogP contribution in [0.4, 0.5) is 5.69 Å². The van der Waals surface area contributed by atoms with Crippen molar-refractivity contribution in [2.75, 3.05) is 5.73 Å². The van der Waals surface area contributed by atoms with Gasteiger partial charge in [0, 0.05) is 11.3 Å². The van der Waals surface area contributed by atoms with E-state index in [4.69, 9.17) is 10.2 Å².